The molecule has 1 saturated carbocycles. The van der Waals surface area contributed by atoms with Gasteiger partial charge in [0, 0.05) is 25.2 Å². The first-order valence-electron chi connectivity index (χ1n) is 9.35. The van der Waals surface area contributed by atoms with Crippen molar-refractivity contribution in [3.63, 3.8) is 0 Å². The monoisotopic (exact) mass is 358 g/mol. The smallest absolute Gasteiger partial charge is 0.237 e. The second kappa shape index (κ2) is 8.15. The summed E-state index contributed by atoms with van der Waals surface area (Å²) in [7, 11) is -2.98. The predicted molar refractivity (Wildman–Crippen MR) is 92.6 cm³/mol. The van der Waals surface area contributed by atoms with Crippen LogP contribution in [-0.4, -0.2) is 69.1 Å². The fraction of sp³-hybridized carbons (Fsp3) is 0.941. The van der Waals surface area contributed by atoms with Crippen LogP contribution in [0.3, 0.4) is 0 Å². The number of carbonyl (C=O) groups is 1. The Hall–Kier alpha value is -0.660. The SMILES string of the molecule is O=C(CNCC1CCOC1)N(C1CCCCC1)C1CCS(=O)(=O)C1. The standard InChI is InChI=1S/C17H30N2O4S/c20-17(11-18-10-14-6-8-23-12-14)19(15-4-2-1-3-5-15)16-7-9-24(21,22)13-16/h14-16,18H,1-13H2. The highest BCUT2D eigenvalue weighted by Gasteiger charge is 2.38. The quantitative estimate of drug-likeness (QED) is 0.765. The van der Waals surface area contributed by atoms with E-state index in [1.165, 1.54) is 6.42 Å². The maximum atomic E-state index is 12.9. The normalized spacial score (nSPS) is 30.5. The van der Waals surface area contributed by atoms with Crippen LogP contribution in [0, 0.1) is 5.92 Å². The predicted octanol–water partition coefficient (Wildman–Crippen LogP) is 0.961. The molecule has 2 saturated heterocycles. The molecule has 3 aliphatic rings. The maximum absolute atomic E-state index is 12.9. The lowest BCUT2D eigenvalue weighted by Gasteiger charge is -2.38. The topological polar surface area (TPSA) is 75.7 Å². The summed E-state index contributed by atoms with van der Waals surface area (Å²) in [6, 6.07) is 0.100. The minimum atomic E-state index is -2.98. The van der Waals surface area contributed by atoms with Gasteiger partial charge in [0.2, 0.25) is 5.91 Å². The Morgan fingerprint density at radius 1 is 1.08 bits per heavy atom. The largest absolute Gasteiger partial charge is 0.381 e. The number of carbonyl (C=O) groups excluding carboxylic acids is 1. The highest BCUT2D eigenvalue weighted by molar-refractivity contribution is 7.91. The second-order valence-corrected chi connectivity index (χ2v) is 9.74. The molecule has 0 aromatic heterocycles. The van der Waals surface area contributed by atoms with Crippen molar-refractivity contribution < 1.29 is 17.9 Å². The molecule has 6 nitrogen and oxygen atoms in total. The number of amides is 1. The van der Waals surface area contributed by atoms with Gasteiger partial charge in [-0.15, -0.1) is 0 Å². The van der Waals surface area contributed by atoms with E-state index in [1.807, 2.05) is 4.90 Å². The molecule has 3 fully saturated rings. The molecular formula is C17H30N2O4S. The summed E-state index contributed by atoms with van der Waals surface area (Å²) in [5.41, 5.74) is 0. The van der Waals surface area contributed by atoms with Gasteiger partial charge >= 0.3 is 0 Å². The van der Waals surface area contributed by atoms with Gasteiger partial charge in [-0.1, -0.05) is 19.3 Å². The number of sulfone groups is 1. The first-order chi connectivity index (χ1) is 11.6. The van der Waals surface area contributed by atoms with Gasteiger partial charge in [0.25, 0.3) is 0 Å². The van der Waals surface area contributed by atoms with Crippen molar-refractivity contribution in [3.8, 4) is 0 Å². The summed E-state index contributed by atoms with van der Waals surface area (Å²) in [5, 5.41) is 3.27. The van der Waals surface area contributed by atoms with Crippen LogP contribution in [0.15, 0.2) is 0 Å². The molecule has 1 N–H and O–H groups in total. The van der Waals surface area contributed by atoms with Crippen LogP contribution in [0.5, 0.6) is 0 Å². The van der Waals surface area contributed by atoms with Crippen molar-refractivity contribution in [2.45, 2.75) is 57.0 Å². The molecule has 1 aliphatic carbocycles. The molecular weight excluding hydrogens is 328 g/mol. The average Bonchev–Trinajstić information content (AvgIpc) is 3.18. The Kier molecular flexibility index (Phi) is 6.16. The third kappa shape index (κ3) is 4.70. The first-order valence-corrected chi connectivity index (χ1v) is 11.2. The third-order valence-corrected chi connectivity index (χ3v) is 7.34. The number of nitrogens with zero attached hydrogens (tertiary/aromatic N) is 1. The maximum Gasteiger partial charge on any atom is 0.237 e. The molecule has 0 bridgehead atoms. The van der Waals surface area contributed by atoms with Crippen molar-refractivity contribution in [2.24, 2.45) is 5.92 Å². The molecule has 2 unspecified atom stereocenters. The van der Waals surface area contributed by atoms with Gasteiger partial charge in [0.15, 0.2) is 9.84 Å². The number of ether oxygens (including phenoxy) is 1. The molecule has 2 aliphatic heterocycles. The van der Waals surface area contributed by atoms with E-state index in [2.05, 4.69) is 5.32 Å². The van der Waals surface area contributed by atoms with Gasteiger partial charge in [-0.25, -0.2) is 8.42 Å². The van der Waals surface area contributed by atoms with E-state index in [0.29, 0.717) is 18.9 Å². The van der Waals surface area contributed by atoms with Crippen LogP contribution in [0.1, 0.15) is 44.9 Å². The molecule has 7 heteroatoms. The molecule has 0 aromatic rings. The first kappa shape index (κ1) is 18.1. The highest BCUT2D eigenvalue weighted by atomic mass is 32.2. The lowest BCUT2D eigenvalue weighted by atomic mass is 9.93. The van der Waals surface area contributed by atoms with Crippen molar-refractivity contribution in [1.29, 1.82) is 0 Å². The summed E-state index contributed by atoms with van der Waals surface area (Å²) in [4.78, 5) is 14.8. The van der Waals surface area contributed by atoms with Crippen molar-refractivity contribution in [3.05, 3.63) is 0 Å². The second-order valence-electron chi connectivity index (χ2n) is 7.51. The third-order valence-electron chi connectivity index (χ3n) is 5.59. The van der Waals surface area contributed by atoms with Crippen LogP contribution in [-0.2, 0) is 19.4 Å². The van der Waals surface area contributed by atoms with Crippen molar-refractivity contribution >= 4 is 15.7 Å². The van der Waals surface area contributed by atoms with E-state index in [1.54, 1.807) is 0 Å². The number of rotatable bonds is 6. The van der Waals surface area contributed by atoms with Crippen LogP contribution >= 0.6 is 0 Å². The van der Waals surface area contributed by atoms with Crippen molar-refractivity contribution in [1.82, 2.24) is 10.2 Å². The van der Waals surface area contributed by atoms with Gasteiger partial charge < -0.3 is 15.0 Å². The molecule has 0 spiro atoms. The Morgan fingerprint density at radius 3 is 2.50 bits per heavy atom. The highest BCUT2D eigenvalue weighted by Crippen LogP contribution is 2.28. The zero-order valence-corrected chi connectivity index (χ0v) is 15.2. The van der Waals surface area contributed by atoms with Gasteiger partial charge in [-0.05, 0) is 31.6 Å². The van der Waals surface area contributed by atoms with E-state index >= 15 is 0 Å². The van der Waals surface area contributed by atoms with E-state index in [-0.39, 0.29) is 29.5 Å². The van der Waals surface area contributed by atoms with E-state index < -0.39 is 9.84 Å². The lowest BCUT2D eigenvalue weighted by molar-refractivity contribution is -0.135. The zero-order chi connectivity index (χ0) is 17.0. The van der Waals surface area contributed by atoms with Gasteiger partial charge in [-0.2, -0.15) is 0 Å². The van der Waals surface area contributed by atoms with Crippen LogP contribution in [0.2, 0.25) is 0 Å². The summed E-state index contributed by atoms with van der Waals surface area (Å²) < 4.78 is 29.1. The van der Waals surface area contributed by atoms with Crippen LogP contribution in [0.25, 0.3) is 0 Å². The van der Waals surface area contributed by atoms with E-state index in [4.69, 9.17) is 4.74 Å². The zero-order valence-electron chi connectivity index (χ0n) is 14.4. The van der Waals surface area contributed by atoms with Gasteiger partial charge in [0.1, 0.15) is 0 Å². The molecule has 0 radical (unpaired) electrons. The fourth-order valence-electron chi connectivity index (χ4n) is 4.28. The van der Waals surface area contributed by atoms with E-state index in [0.717, 1.165) is 51.9 Å². The summed E-state index contributed by atoms with van der Waals surface area (Å²) in [5.74, 6) is 0.933. The summed E-state index contributed by atoms with van der Waals surface area (Å²) >= 11 is 0. The minimum absolute atomic E-state index is 0.0721. The molecule has 2 heterocycles. The average molecular weight is 359 g/mol. The Morgan fingerprint density at radius 2 is 1.88 bits per heavy atom. The lowest BCUT2D eigenvalue weighted by Crippen LogP contribution is -2.51. The molecule has 138 valence electrons. The Labute approximate surface area is 145 Å². The molecule has 3 rings (SSSR count). The summed E-state index contributed by atoms with van der Waals surface area (Å²) in [6.45, 7) is 2.69. The molecule has 24 heavy (non-hydrogen) atoms. The van der Waals surface area contributed by atoms with Gasteiger partial charge in [0.05, 0.1) is 24.7 Å². The Bertz CT molecular complexity index is 525. The van der Waals surface area contributed by atoms with Crippen molar-refractivity contribution in [2.75, 3.05) is 37.8 Å². The van der Waals surface area contributed by atoms with E-state index in [9.17, 15) is 13.2 Å². The number of hydrogen-bond donors (Lipinski definition) is 1. The van der Waals surface area contributed by atoms with Crippen LogP contribution in [0.4, 0.5) is 0 Å². The summed E-state index contributed by atoms with van der Waals surface area (Å²) in [6.07, 6.45) is 7.18. The van der Waals surface area contributed by atoms with Crippen LogP contribution < -0.4 is 5.32 Å². The Balaban J connectivity index is 1.58. The fourth-order valence-corrected chi connectivity index (χ4v) is 5.99. The number of hydrogen-bond acceptors (Lipinski definition) is 5. The van der Waals surface area contributed by atoms with Gasteiger partial charge in [-0.3, -0.25) is 4.79 Å². The molecule has 1 amide bonds. The number of nitrogens with one attached hydrogen (secondary N) is 1. The minimum Gasteiger partial charge on any atom is -0.381 e. The molecule has 2 atom stereocenters. The molecule has 0 aromatic carbocycles.